The Labute approximate surface area is 158 Å². The van der Waals surface area contributed by atoms with Gasteiger partial charge < -0.3 is 5.32 Å². The number of rotatable bonds is 3. The number of anilines is 1. The summed E-state index contributed by atoms with van der Waals surface area (Å²) in [5, 5.41) is 5.01. The first-order valence-corrected chi connectivity index (χ1v) is 7.85. The van der Waals surface area contributed by atoms with Gasteiger partial charge in [-0.2, -0.15) is 18.3 Å². The Morgan fingerprint density at radius 3 is 2.17 bits per heavy atom. The normalized spacial score (nSPS) is 11.6. The molecule has 0 saturated carbocycles. The fourth-order valence-electron chi connectivity index (χ4n) is 2.65. The molecule has 0 aliphatic rings. The first-order chi connectivity index (χ1) is 13.5. The van der Waals surface area contributed by atoms with Crippen molar-refractivity contribution in [2.24, 2.45) is 7.05 Å². The highest BCUT2D eigenvalue weighted by atomic mass is 19.4. The van der Waals surface area contributed by atoms with E-state index < -0.39 is 63.4 Å². The van der Waals surface area contributed by atoms with Gasteiger partial charge in [0.05, 0.1) is 5.69 Å². The molecule has 2 aromatic carbocycles. The average Bonchev–Trinajstić information content (AvgIpc) is 3.01. The van der Waals surface area contributed by atoms with E-state index in [0.29, 0.717) is 0 Å². The number of amides is 1. The lowest BCUT2D eigenvalue weighted by Gasteiger charge is -2.11. The molecule has 0 fully saturated rings. The van der Waals surface area contributed by atoms with Crippen LogP contribution in [0.4, 0.5) is 36.4 Å². The van der Waals surface area contributed by atoms with Gasteiger partial charge in [0, 0.05) is 24.4 Å². The third kappa shape index (κ3) is 3.80. The van der Waals surface area contributed by atoms with Crippen LogP contribution in [-0.4, -0.2) is 15.7 Å². The van der Waals surface area contributed by atoms with Crippen LogP contribution in [0.2, 0.25) is 0 Å². The second kappa shape index (κ2) is 7.22. The van der Waals surface area contributed by atoms with Gasteiger partial charge in [0.2, 0.25) is 0 Å². The number of carbonyl (C=O) groups excluding carboxylic acids is 1. The molecule has 0 bridgehead atoms. The molecule has 3 rings (SSSR count). The Hall–Kier alpha value is -3.37. The smallest absolute Gasteiger partial charge is 0.319 e. The third-order valence-corrected chi connectivity index (χ3v) is 3.91. The SMILES string of the molecule is Cn1cc(-c2ccc(NC(=O)c3c(F)cccc3F)c(F)c2F)c(C(F)(F)F)n1. The molecule has 0 unspecified atom stereocenters. The zero-order valence-electron chi connectivity index (χ0n) is 14.4. The summed E-state index contributed by atoms with van der Waals surface area (Å²) in [6.45, 7) is 0. The first kappa shape index (κ1) is 20.4. The van der Waals surface area contributed by atoms with E-state index in [1.54, 1.807) is 5.32 Å². The van der Waals surface area contributed by atoms with Crippen LogP contribution < -0.4 is 5.32 Å². The molecule has 0 radical (unpaired) electrons. The van der Waals surface area contributed by atoms with Crippen LogP contribution >= 0.6 is 0 Å². The van der Waals surface area contributed by atoms with Crippen molar-refractivity contribution in [3.63, 3.8) is 0 Å². The van der Waals surface area contributed by atoms with Crippen LogP contribution in [0, 0.1) is 23.3 Å². The van der Waals surface area contributed by atoms with Crippen LogP contribution in [0.25, 0.3) is 11.1 Å². The van der Waals surface area contributed by atoms with E-state index in [-0.39, 0.29) is 0 Å². The van der Waals surface area contributed by atoms with Crippen LogP contribution in [0.3, 0.4) is 0 Å². The minimum Gasteiger partial charge on any atom is -0.319 e. The van der Waals surface area contributed by atoms with Crippen LogP contribution in [0.5, 0.6) is 0 Å². The van der Waals surface area contributed by atoms with Crippen molar-refractivity contribution in [1.82, 2.24) is 9.78 Å². The highest BCUT2D eigenvalue weighted by Crippen LogP contribution is 2.38. The second-order valence-electron chi connectivity index (χ2n) is 5.90. The lowest BCUT2D eigenvalue weighted by Crippen LogP contribution is -2.17. The van der Waals surface area contributed by atoms with Gasteiger partial charge in [0.25, 0.3) is 5.91 Å². The summed E-state index contributed by atoms with van der Waals surface area (Å²) in [4.78, 5) is 12.0. The van der Waals surface area contributed by atoms with E-state index in [1.807, 2.05) is 0 Å². The highest BCUT2D eigenvalue weighted by Gasteiger charge is 2.38. The fraction of sp³-hybridized carbons (Fsp3) is 0.111. The Morgan fingerprint density at radius 2 is 1.59 bits per heavy atom. The van der Waals surface area contributed by atoms with Gasteiger partial charge >= 0.3 is 6.18 Å². The molecule has 29 heavy (non-hydrogen) atoms. The zero-order chi connectivity index (χ0) is 21.5. The zero-order valence-corrected chi connectivity index (χ0v) is 14.4. The molecular weight excluding hydrogens is 407 g/mol. The highest BCUT2D eigenvalue weighted by molar-refractivity contribution is 6.04. The number of aromatic nitrogens is 2. The maximum absolute atomic E-state index is 14.5. The Balaban J connectivity index is 2.01. The van der Waals surface area contributed by atoms with Crippen LogP contribution in [-0.2, 0) is 13.2 Å². The molecule has 0 atom stereocenters. The van der Waals surface area contributed by atoms with Crippen molar-refractivity contribution in [2.75, 3.05) is 5.32 Å². The van der Waals surface area contributed by atoms with Gasteiger partial charge in [-0.05, 0) is 24.3 Å². The summed E-state index contributed by atoms with van der Waals surface area (Å²) in [6, 6.07) is 4.15. The molecule has 0 saturated heterocycles. The molecule has 1 heterocycles. The Kier molecular flexibility index (Phi) is 5.07. The van der Waals surface area contributed by atoms with E-state index in [1.165, 1.54) is 7.05 Å². The monoisotopic (exact) mass is 417 g/mol. The van der Waals surface area contributed by atoms with Gasteiger partial charge in [0.15, 0.2) is 17.3 Å². The maximum Gasteiger partial charge on any atom is 0.435 e. The minimum atomic E-state index is -4.92. The molecule has 0 aliphatic carbocycles. The number of alkyl halides is 3. The molecule has 4 nitrogen and oxygen atoms in total. The summed E-state index contributed by atoms with van der Waals surface area (Å²) < 4.78 is 96.1. The molecular formula is C18H10F7N3O. The number of aryl methyl sites for hydroxylation is 1. The first-order valence-electron chi connectivity index (χ1n) is 7.85. The van der Waals surface area contributed by atoms with Gasteiger partial charge in [-0.1, -0.05) is 6.07 Å². The predicted molar refractivity (Wildman–Crippen MR) is 87.9 cm³/mol. The van der Waals surface area contributed by atoms with Crippen molar-refractivity contribution in [2.45, 2.75) is 6.18 Å². The van der Waals surface area contributed by atoms with Gasteiger partial charge in [-0.25, -0.2) is 17.6 Å². The molecule has 152 valence electrons. The summed E-state index contributed by atoms with van der Waals surface area (Å²) >= 11 is 0. The van der Waals surface area contributed by atoms with Gasteiger partial charge in [-0.15, -0.1) is 0 Å². The fourth-order valence-corrected chi connectivity index (χ4v) is 2.65. The number of nitrogens with one attached hydrogen (secondary N) is 1. The molecule has 0 spiro atoms. The van der Waals surface area contributed by atoms with Gasteiger partial charge in [-0.3, -0.25) is 9.48 Å². The number of hydrogen-bond acceptors (Lipinski definition) is 2. The van der Waals surface area contributed by atoms with E-state index >= 15 is 0 Å². The van der Waals surface area contributed by atoms with E-state index in [4.69, 9.17) is 0 Å². The summed E-state index contributed by atoms with van der Waals surface area (Å²) in [7, 11) is 1.17. The molecule has 1 aromatic heterocycles. The molecule has 3 aromatic rings. The van der Waals surface area contributed by atoms with E-state index in [2.05, 4.69) is 5.10 Å². The number of carbonyl (C=O) groups is 1. The van der Waals surface area contributed by atoms with Gasteiger partial charge in [0.1, 0.15) is 17.2 Å². The number of halogens is 7. The van der Waals surface area contributed by atoms with E-state index in [9.17, 15) is 35.5 Å². The van der Waals surface area contributed by atoms with Crippen molar-refractivity contribution in [3.05, 3.63) is 71.1 Å². The number of nitrogens with zero attached hydrogens (tertiary/aromatic N) is 2. The summed E-state index contributed by atoms with van der Waals surface area (Å²) in [5.41, 5.74) is -4.73. The van der Waals surface area contributed by atoms with Crippen molar-refractivity contribution in [1.29, 1.82) is 0 Å². The second-order valence-corrected chi connectivity index (χ2v) is 5.90. The number of benzene rings is 2. The predicted octanol–water partition coefficient (Wildman–Crippen LogP) is 4.91. The average molecular weight is 417 g/mol. The standard InChI is InChI=1S/C18H10F7N3O/c1-28-7-9(16(27-28)18(23,24)25)8-5-6-12(15(22)14(8)21)26-17(29)13-10(19)3-2-4-11(13)20/h2-7H,1H3,(H,26,29). The lowest BCUT2D eigenvalue weighted by atomic mass is 10.0. The van der Waals surface area contributed by atoms with E-state index in [0.717, 1.165) is 41.2 Å². The topological polar surface area (TPSA) is 46.9 Å². The van der Waals surface area contributed by atoms with Crippen LogP contribution in [0.1, 0.15) is 16.1 Å². The third-order valence-electron chi connectivity index (χ3n) is 3.91. The van der Waals surface area contributed by atoms with Crippen LogP contribution in [0.15, 0.2) is 36.5 Å². The van der Waals surface area contributed by atoms with Crippen molar-refractivity contribution in [3.8, 4) is 11.1 Å². The summed E-state index contributed by atoms with van der Waals surface area (Å²) in [5.74, 6) is -7.26. The maximum atomic E-state index is 14.5. The Morgan fingerprint density at radius 1 is 0.966 bits per heavy atom. The Bertz CT molecular complexity index is 1090. The molecule has 0 aliphatic heterocycles. The molecule has 1 amide bonds. The van der Waals surface area contributed by atoms with Crippen molar-refractivity contribution >= 4 is 11.6 Å². The minimum absolute atomic E-state index is 0.713. The molecule has 1 N–H and O–H groups in total. The number of hydrogen-bond donors (Lipinski definition) is 1. The van der Waals surface area contributed by atoms with Crippen molar-refractivity contribution < 1.29 is 35.5 Å². The largest absolute Gasteiger partial charge is 0.435 e. The lowest BCUT2D eigenvalue weighted by molar-refractivity contribution is -0.141. The summed E-state index contributed by atoms with van der Waals surface area (Å²) in [6.07, 6.45) is -4.07. The molecule has 11 heteroatoms. The quantitative estimate of drug-likeness (QED) is 0.616.